The number of ether oxygens (including phenoxy) is 1. The predicted molar refractivity (Wildman–Crippen MR) is 103 cm³/mol. The molecular weight excluding hydrogens is 312 g/mol. The van der Waals surface area contributed by atoms with Gasteiger partial charge < -0.3 is 4.74 Å². The van der Waals surface area contributed by atoms with Gasteiger partial charge in [0.2, 0.25) is 0 Å². The van der Waals surface area contributed by atoms with E-state index in [4.69, 9.17) is 4.74 Å². The van der Waals surface area contributed by atoms with Gasteiger partial charge in [-0.05, 0) is 53.9 Å². The number of rotatable bonds is 7. The van der Waals surface area contributed by atoms with Crippen LogP contribution >= 0.6 is 11.8 Å². The van der Waals surface area contributed by atoms with Gasteiger partial charge in [-0.15, -0.1) is 0 Å². The van der Waals surface area contributed by atoms with E-state index in [0.717, 1.165) is 25.2 Å². The molecule has 0 aliphatic rings. The van der Waals surface area contributed by atoms with Crippen molar-refractivity contribution >= 4 is 11.8 Å². The third-order valence-corrected chi connectivity index (χ3v) is 4.80. The van der Waals surface area contributed by atoms with Crippen LogP contribution in [0.3, 0.4) is 0 Å². The van der Waals surface area contributed by atoms with Gasteiger partial charge in [0.1, 0.15) is 5.75 Å². The molecule has 0 N–H and O–H groups in total. The zero-order valence-electron chi connectivity index (χ0n) is 13.9. The second-order valence-corrected chi connectivity index (χ2v) is 6.81. The minimum absolute atomic E-state index is 0.793. The third-order valence-electron chi connectivity index (χ3n) is 3.79. The molecule has 0 unspecified atom stereocenters. The first-order valence-corrected chi connectivity index (χ1v) is 9.23. The molecule has 1 nitrogen and oxygen atoms in total. The summed E-state index contributed by atoms with van der Waals surface area (Å²) in [5, 5.41) is 0. The molecular formula is C22H22OS. The van der Waals surface area contributed by atoms with E-state index in [1.54, 1.807) is 11.8 Å². The number of benzene rings is 3. The fraction of sp³-hybridized carbons (Fsp3) is 0.182. The van der Waals surface area contributed by atoms with E-state index < -0.39 is 0 Å². The molecule has 0 bridgehead atoms. The Morgan fingerprint density at radius 2 is 1.29 bits per heavy atom. The van der Waals surface area contributed by atoms with Crippen LogP contribution in [0, 0.1) is 0 Å². The van der Waals surface area contributed by atoms with Gasteiger partial charge in [0.05, 0.1) is 6.61 Å². The van der Waals surface area contributed by atoms with E-state index in [1.165, 1.54) is 20.9 Å². The number of hydrogen-bond donors (Lipinski definition) is 0. The van der Waals surface area contributed by atoms with Gasteiger partial charge >= 0.3 is 0 Å². The smallest absolute Gasteiger partial charge is 0.119 e. The van der Waals surface area contributed by atoms with Crippen molar-refractivity contribution in [1.29, 1.82) is 0 Å². The van der Waals surface area contributed by atoms with E-state index >= 15 is 0 Å². The van der Waals surface area contributed by atoms with Crippen molar-refractivity contribution in [3.63, 3.8) is 0 Å². The lowest BCUT2D eigenvalue weighted by atomic mass is 10.1. The minimum atomic E-state index is 0.793. The van der Waals surface area contributed by atoms with E-state index in [2.05, 4.69) is 79.7 Å². The molecule has 24 heavy (non-hydrogen) atoms. The third kappa shape index (κ3) is 4.65. The quantitative estimate of drug-likeness (QED) is 0.445. The molecule has 122 valence electrons. The molecule has 0 aliphatic carbocycles. The van der Waals surface area contributed by atoms with Crippen molar-refractivity contribution in [2.45, 2.75) is 29.6 Å². The largest absolute Gasteiger partial charge is 0.494 e. The van der Waals surface area contributed by atoms with Crippen LogP contribution in [0.25, 0.3) is 11.1 Å². The molecule has 0 aromatic heterocycles. The van der Waals surface area contributed by atoms with Crippen molar-refractivity contribution in [3.05, 3.63) is 78.9 Å². The summed E-state index contributed by atoms with van der Waals surface area (Å²) in [6.07, 6.45) is 2.26. The lowest BCUT2D eigenvalue weighted by Crippen LogP contribution is -1.95. The van der Waals surface area contributed by atoms with E-state index in [-0.39, 0.29) is 0 Å². The monoisotopic (exact) mass is 334 g/mol. The van der Waals surface area contributed by atoms with Crippen molar-refractivity contribution in [3.8, 4) is 16.9 Å². The molecule has 0 atom stereocenters. The van der Waals surface area contributed by atoms with Gasteiger partial charge in [-0.2, -0.15) is 0 Å². The normalized spacial score (nSPS) is 10.5. The average molecular weight is 334 g/mol. The SMILES string of the molecule is CCCCOc1ccc(-c2ccc(Sc3ccccc3)cc2)cc1. The number of unbranched alkanes of at least 4 members (excludes halogenated alkanes) is 1. The Bertz CT molecular complexity index is 733. The molecule has 0 aliphatic heterocycles. The van der Waals surface area contributed by atoms with Crippen LogP contribution in [0.1, 0.15) is 19.8 Å². The summed E-state index contributed by atoms with van der Waals surface area (Å²) < 4.78 is 5.72. The van der Waals surface area contributed by atoms with Gasteiger partial charge in [0.25, 0.3) is 0 Å². The van der Waals surface area contributed by atoms with Crippen LogP contribution in [0.15, 0.2) is 88.7 Å². The molecule has 3 rings (SSSR count). The summed E-state index contributed by atoms with van der Waals surface area (Å²) in [5.74, 6) is 0.948. The van der Waals surface area contributed by atoms with E-state index in [1.807, 2.05) is 6.07 Å². The minimum Gasteiger partial charge on any atom is -0.494 e. The molecule has 0 fully saturated rings. The Balaban J connectivity index is 1.64. The van der Waals surface area contributed by atoms with Crippen molar-refractivity contribution < 1.29 is 4.74 Å². The van der Waals surface area contributed by atoms with E-state index in [0.29, 0.717) is 0 Å². The highest BCUT2D eigenvalue weighted by molar-refractivity contribution is 7.99. The Morgan fingerprint density at radius 3 is 1.92 bits per heavy atom. The van der Waals surface area contributed by atoms with E-state index in [9.17, 15) is 0 Å². The van der Waals surface area contributed by atoms with Crippen LogP contribution in [-0.4, -0.2) is 6.61 Å². The topological polar surface area (TPSA) is 9.23 Å². The van der Waals surface area contributed by atoms with Crippen LogP contribution in [-0.2, 0) is 0 Å². The maximum absolute atomic E-state index is 5.72. The summed E-state index contributed by atoms with van der Waals surface area (Å²) in [5.41, 5.74) is 2.45. The van der Waals surface area contributed by atoms with Crippen molar-refractivity contribution in [2.75, 3.05) is 6.61 Å². The molecule has 2 heteroatoms. The first-order valence-electron chi connectivity index (χ1n) is 8.41. The van der Waals surface area contributed by atoms with Gasteiger partial charge in [0.15, 0.2) is 0 Å². The highest BCUT2D eigenvalue weighted by Crippen LogP contribution is 2.30. The Labute approximate surface area is 148 Å². The van der Waals surface area contributed by atoms with Gasteiger partial charge in [0, 0.05) is 9.79 Å². The molecule has 3 aromatic carbocycles. The molecule has 0 saturated carbocycles. The summed E-state index contributed by atoms with van der Waals surface area (Å²) >= 11 is 1.79. The van der Waals surface area contributed by atoms with Crippen LogP contribution in [0.5, 0.6) is 5.75 Å². The maximum atomic E-state index is 5.72. The van der Waals surface area contributed by atoms with Crippen molar-refractivity contribution in [2.24, 2.45) is 0 Å². The summed E-state index contributed by atoms with van der Waals surface area (Å²) in [7, 11) is 0. The summed E-state index contributed by atoms with van der Waals surface area (Å²) in [4.78, 5) is 2.52. The van der Waals surface area contributed by atoms with Crippen LogP contribution in [0.2, 0.25) is 0 Å². The molecule has 0 amide bonds. The lowest BCUT2D eigenvalue weighted by molar-refractivity contribution is 0.309. The zero-order chi connectivity index (χ0) is 16.6. The van der Waals surface area contributed by atoms with Crippen LogP contribution < -0.4 is 4.74 Å². The second-order valence-electron chi connectivity index (χ2n) is 5.67. The standard InChI is InChI=1S/C22H22OS/c1-2-3-17-23-20-13-9-18(10-14-20)19-11-15-22(16-12-19)24-21-7-5-4-6-8-21/h4-16H,2-3,17H2,1H3. The second kappa shape index (κ2) is 8.60. The molecule has 0 spiro atoms. The fourth-order valence-corrected chi connectivity index (χ4v) is 3.26. The van der Waals surface area contributed by atoms with Crippen molar-refractivity contribution in [1.82, 2.24) is 0 Å². The van der Waals surface area contributed by atoms with Gasteiger partial charge in [-0.3, -0.25) is 0 Å². The highest BCUT2D eigenvalue weighted by Gasteiger charge is 2.01. The average Bonchev–Trinajstić information content (AvgIpc) is 2.64. The lowest BCUT2D eigenvalue weighted by Gasteiger charge is -2.07. The Morgan fingerprint density at radius 1 is 0.708 bits per heavy atom. The summed E-state index contributed by atoms with van der Waals surface area (Å²) in [6, 6.07) is 27.5. The Hall–Kier alpha value is -2.19. The Kier molecular flexibility index (Phi) is 5.97. The first-order chi connectivity index (χ1) is 11.8. The van der Waals surface area contributed by atoms with Crippen LogP contribution in [0.4, 0.5) is 0 Å². The molecule has 0 heterocycles. The molecule has 0 saturated heterocycles. The molecule has 0 radical (unpaired) electrons. The molecule has 3 aromatic rings. The first kappa shape index (κ1) is 16.7. The highest BCUT2D eigenvalue weighted by atomic mass is 32.2. The van der Waals surface area contributed by atoms with Gasteiger partial charge in [-0.1, -0.05) is 67.6 Å². The van der Waals surface area contributed by atoms with Gasteiger partial charge in [-0.25, -0.2) is 0 Å². The summed E-state index contributed by atoms with van der Waals surface area (Å²) in [6.45, 7) is 2.97. The predicted octanol–water partition coefficient (Wildman–Crippen LogP) is 6.68. The zero-order valence-corrected chi connectivity index (χ0v) is 14.8. The number of hydrogen-bond acceptors (Lipinski definition) is 2. The maximum Gasteiger partial charge on any atom is 0.119 e. The fourth-order valence-electron chi connectivity index (χ4n) is 2.42.